The Morgan fingerprint density at radius 1 is 1.64 bits per heavy atom. The Balaban J connectivity index is 2.66. The number of rotatable bonds is 3. The lowest BCUT2D eigenvalue weighted by atomic mass is 10.2. The molecule has 0 amide bonds. The number of nitrogens with zero attached hydrogens (tertiary/aromatic N) is 1. The van der Waals surface area contributed by atoms with Crippen LogP contribution in [0.3, 0.4) is 0 Å². The molecular weight excluding hydrogens is 215 g/mol. The van der Waals surface area contributed by atoms with Crippen LogP contribution >= 0.6 is 11.3 Å². The monoisotopic (exact) mass is 225 g/mol. The lowest BCUT2D eigenvalue weighted by Gasteiger charge is -2.17. The van der Waals surface area contributed by atoms with Gasteiger partial charge in [0.05, 0.1) is 10.7 Å². The zero-order chi connectivity index (χ0) is 10.8. The van der Waals surface area contributed by atoms with Crippen molar-refractivity contribution in [3.05, 3.63) is 16.1 Å². The Morgan fingerprint density at radius 2 is 2.29 bits per heavy atom. The minimum Gasteiger partial charge on any atom is -0.271 e. The molecule has 0 bridgehead atoms. The number of thiazole rings is 1. The first-order chi connectivity index (χ1) is 6.43. The largest absolute Gasteiger partial charge is 0.405 e. The number of nitrogens with two attached hydrogens (primary N) is 1. The van der Waals surface area contributed by atoms with E-state index >= 15 is 0 Å². The third kappa shape index (κ3) is 2.93. The zero-order valence-corrected chi connectivity index (χ0v) is 8.25. The maximum absolute atomic E-state index is 12.2. The Bertz CT molecular complexity index is 297. The van der Waals surface area contributed by atoms with E-state index in [2.05, 4.69) is 4.98 Å². The number of hydrogen-bond acceptors (Lipinski definition) is 4. The summed E-state index contributed by atoms with van der Waals surface area (Å²) in [6.45, 7) is 1.74. The molecule has 1 heterocycles. The zero-order valence-electron chi connectivity index (χ0n) is 7.43. The molecule has 1 aromatic rings. The third-order valence-electron chi connectivity index (χ3n) is 1.68. The lowest BCUT2D eigenvalue weighted by molar-refractivity contribution is -0.155. The topological polar surface area (TPSA) is 50.9 Å². The van der Waals surface area contributed by atoms with Gasteiger partial charge in [-0.2, -0.15) is 13.2 Å². The van der Waals surface area contributed by atoms with E-state index < -0.39 is 12.2 Å². The van der Waals surface area contributed by atoms with E-state index in [0.29, 0.717) is 5.69 Å². The van der Waals surface area contributed by atoms with Crippen LogP contribution in [0, 0.1) is 6.92 Å². The van der Waals surface area contributed by atoms with E-state index in [1.165, 1.54) is 11.3 Å². The molecule has 1 atom stereocenters. The highest BCUT2D eigenvalue weighted by atomic mass is 32.1. The van der Waals surface area contributed by atoms with Crippen LogP contribution in [-0.4, -0.2) is 17.2 Å². The van der Waals surface area contributed by atoms with Gasteiger partial charge in [0.2, 0.25) is 0 Å². The van der Waals surface area contributed by atoms with Gasteiger partial charge in [-0.3, -0.25) is 5.84 Å². The molecule has 7 heteroatoms. The van der Waals surface area contributed by atoms with Gasteiger partial charge in [-0.15, -0.1) is 11.3 Å². The molecule has 0 saturated carbocycles. The Labute approximate surface area is 83.1 Å². The summed E-state index contributed by atoms with van der Waals surface area (Å²) in [5, 5.41) is 2.35. The van der Waals surface area contributed by atoms with E-state index in [4.69, 9.17) is 5.84 Å². The fraction of sp³-hybridized carbons (Fsp3) is 0.571. The van der Waals surface area contributed by atoms with Crippen molar-refractivity contribution in [2.45, 2.75) is 25.6 Å². The first kappa shape index (κ1) is 11.4. The van der Waals surface area contributed by atoms with Crippen molar-refractivity contribution >= 4 is 11.3 Å². The van der Waals surface area contributed by atoms with Crippen LogP contribution in [0.1, 0.15) is 10.7 Å². The van der Waals surface area contributed by atoms with Gasteiger partial charge in [0.15, 0.2) is 0 Å². The summed E-state index contributed by atoms with van der Waals surface area (Å²) in [6, 6.07) is -1.73. The maximum atomic E-state index is 12.2. The van der Waals surface area contributed by atoms with Crippen LogP contribution in [0.25, 0.3) is 0 Å². The molecule has 80 valence electrons. The van der Waals surface area contributed by atoms with Gasteiger partial charge >= 0.3 is 6.18 Å². The molecule has 0 aliphatic heterocycles. The van der Waals surface area contributed by atoms with Gasteiger partial charge < -0.3 is 0 Å². The second-order valence-electron chi connectivity index (χ2n) is 2.82. The molecule has 0 radical (unpaired) electrons. The van der Waals surface area contributed by atoms with Crippen LogP contribution in [0.2, 0.25) is 0 Å². The molecule has 0 aromatic carbocycles. The van der Waals surface area contributed by atoms with Crippen molar-refractivity contribution in [1.29, 1.82) is 0 Å². The normalized spacial score (nSPS) is 14.4. The van der Waals surface area contributed by atoms with Gasteiger partial charge in [0.1, 0.15) is 6.04 Å². The second kappa shape index (κ2) is 4.24. The molecule has 0 aliphatic rings. The summed E-state index contributed by atoms with van der Waals surface area (Å²) in [5.74, 6) is 4.82. The van der Waals surface area contributed by atoms with Crippen LogP contribution in [0.4, 0.5) is 13.2 Å². The van der Waals surface area contributed by atoms with Crippen LogP contribution in [0.15, 0.2) is 5.38 Å². The summed E-state index contributed by atoms with van der Waals surface area (Å²) >= 11 is 1.32. The van der Waals surface area contributed by atoms with Gasteiger partial charge in [0.25, 0.3) is 0 Å². The number of alkyl halides is 3. The van der Waals surface area contributed by atoms with Crippen molar-refractivity contribution in [1.82, 2.24) is 10.4 Å². The van der Waals surface area contributed by atoms with Crippen molar-refractivity contribution in [3.8, 4) is 0 Å². The van der Waals surface area contributed by atoms with Gasteiger partial charge in [-0.25, -0.2) is 10.4 Å². The van der Waals surface area contributed by atoms with Crippen molar-refractivity contribution < 1.29 is 13.2 Å². The van der Waals surface area contributed by atoms with Gasteiger partial charge in [-0.1, -0.05) is 0 Å². The van der Waals surface area contributed by atoms with E-state index in [0.717, 1.165) is 5.01 Å². The van der Waals surface area contributed by atoms with E-state index in [9.17, 15) is 13.2 Å². The standard InChI is InChI=1S/C7H10F3N3S/c1-4-12-5(3-14-4)2-6(13-11)7(8,9)10/h3,6,13H,2,11H2,1H3. The maximum Gasteiger partial charge on any atom is 0.405 e. The number of halogens is 3. The molecular formula is C7H10F3N3S. The van der Waals surface area contributed by atoms with Gasteiger partial charge in [0, 0.05) is 11.8 Å². The van der Waals surface area contributed by atoms with Crippen LogP contribution < -0.4 is 11.3 Å². The fourth-order valence-corrected chi connectivity index (χ4v) is 1.61. The highest BCUT2D eigenvalue weighted by molar-refractivity contribution is 7.09. The third-order valence-corrected chi connectivity index (χ3v) is 2.50. The number of aromatic nitrogens is 1. The van der Waals surface area contributed by atoms with E-state index in [1.807, 2.05) is 0 Å². The molecule has 1 rings (SSSR count). The van der Waals surface area contributed by atoms with Crippen molar-refractivity contribution in [2.24, 2.45) is 5.84 Å². The molecule has 0 aliphatic carbocycles. The smallest absolute Gasteiger partial charge is 0.271 e. The van der Waals surface area contributed by atoms with Crippen molar-refractivity contribution in [3.63, 3.8) is 0 Å². The average Bonchev–Trinajstić information content (AvgIpc) is 2.45. The second-order valence-corrected chi connectivity index (χ2v) is 3.89. The Kier molecular flexibility index (Phi) is 3.46. The first-order valence-electron chi connectivity index (χ1n) is 3.87. The minimum atomic E-state index is -4.34. The van der Waals surface area contributed by atoms with Crippen molar-refractivity contribution in [2.75, 3.05) is 0 Å². The Morgan fingerprint density at radius 3 is 2.64 bits per heavy atom. The molecule has 14 heavy (non-hydrogen) atoms. The summed E-state index contributed by atoms with van der Waals surface area (Å²) in [5.41, 5.74) is 2.15. The summed E-state index contributed by atoms with van der Waals surface area (Å²) < 4.78 is 36.7. The SMILES string of the molecule is Cc1nc(CC(NN)C(F)(F)F)cs1. The van der Waals surface area contributed by atoms with Gasteiger partial charge in [-0.05, 0) is 6.92 Å². The minimum absolute atomic E-state index is 0.232. The predicted molar refractivity (Wildman–Crippen MR) is 47.7 cm³/mol. The number of aryl methyl sites for hydroxylation is 1. The lowest BCUT2D eigenvalue weighted by Crippen LogP contribution is -2.47. The molecule has 1 unspecified atom stereocenters. The average molecular weight is 225 g/mol. The molecule has 3 nitrogen and oxygen atoms in total. The molecule has 0 fully saturated rings. The molecule has 3 N–H and O–H groups in total. The highest BCUT2D eigenvalue weighted by Gasteiger charge is 2.39. The summed E-state index contributed by atoms with van der Waals surface area (Å²) in [4.78, 5) is 3.93. The summed E-state index contributed by atoms with van der Waals surface area (Å²) in [6.07, 6.45) is -4.57. The van der Waals surface area contributed by atoms with E-state index in [-0.39, 0.29) is 6.42 Å². The quantitative estimate of drug-likeness (QED) is 0.603. The fourth-order valence-electron chi connectivity index (χ4n) is 0.980. The first-order valence-corrected chi connectivity index (χ1v) is 4.75. The number of hydrogen-bond donors (Lipinski definition) is 2. The number of nitrogens with one attached hydrogen (secondary N) is 1. The van der Waals surface area contributed by atoms with E-state index in [1.54, 1.807) is 17.7 Å². The Hall–Kier alpha value is -0.660. The number of hydrazine groups is 1. The predicted octanol–water partition coefficient (Wildman–Crippen LogP) is 1.39. The highest BCUT2D eigenvalue weighted by Crippen LogP contribution is 2.23. The molecule has 0 saturated heterocycles. The molecule has 1 aromatic heterocycles. The van der Waals surface area contributed by atoms with Crippen LogP contribution in [0.5, 0.6) is 0 Å². The molecule has 0 spiro atoms. The van der Waals surface area contributed by atoms with Crippen LogP contribution in [-0.2, 0) is 6.42 Å². The summed E-state index contributed by atoms with van der Waals surface area (Å²) in [7, 11) is 0.